The van der Waals surface area contributed by atoms with Crippen LogP contribution in [0.1, 0.15) is 55.3 Å². The molecule has 2 aliphatic heterocycles. The van der Waals surface area contributed by atoms with Crippen LogP contribution in [0.15, 0.2) is 18.3 Å². The number of nitrogens with one attached hydrogen (secondary N) is 1. The number of likely N-dealkylation sites (tertiary alicyclic amines) is 1. The van der Waals surface area contributed by atoms with Crippen LogP contribution in [0.5, 0.6) is 0 Å². The topological polar surface area (TPSA) is 48.5 Å². The van der Waals surface area contributed by atoms with Gasteiger partial charge in [-0.25, -0.2) is 4.98 Å². The molecule has 0 aromatic carbocycles. The lowest BCUT2D eigenvalue weighted by Gasteiger charge is -2.32. The minimum atomic E-state index is 0.141. The van der Waals surface area contributed by atoms with Gasteiger partial charge in [-0.2, -0.15) is 0 Å². The molecule has 1 N–H and O–H groups in total. The first kappa shape index (κ1) is 18.2. The first-order valence-corrected chi connectivity index (χ1v) is 9.93. The minimum absolute atomic E-state index is 0.141. The van der Waals surface area contributed by atoms with Crippen LogP contribution in [-0.4, -0.2) is 55.6 Å². The van der Waals surface area contributed by atoms with Crippen molar-refractivity contribution >= 4 is 11.7 Å². The van der Waals surface area contributed by atoms with Crippen LogP contribution in [0.3, 0.4) is 0 Å². The third kappa shape index (κ3) is 4.94. The van der Waals surface area contributed by atoms with E-state index in [4.69, 9.17) is 0 Å². The Labute approximate surface area is 151 Å². The zero-order valence-electron chi connectivity index (χ0n) is 15.5. The van der Waals surface area contributed by atoms with Crippen molar-refractivity contribution in [2.75, 3.05) is 44.7 Å². The smallest absolute Gasteiger partial charge is 0.255 e. The number of nitrogens with zero attached hydrogens (tertiary/aromatic N) is 3. The molecule has 1 amide bonds. The summed E-state index contributed by atoms with van der Waals surface area (Å²) in [6.07, 6.45) is 10.3. The average Bonchev–Trinajstić information content (AvgIpc) is 2.96. The lowest BCUT2D eigenvalue weighted by Crippen LogP contribution is -2.39. The van der Waals surface area contributed by atoms with E-state index in [0.29, 0.717) is 0 Å². The quantitative estimate of drug-likeness (QED) is 0.892. The van der Waals surface area contributed by atoms with Crippen molar-refractivity contribution in [2.45, 2.75) is 44.9 Å². The van der Waals surface area contributed by atoms with Gasteiger partial charge < -0.3 is 15.1 Å². The first-order chi connectivity index (χ1) is 12.3. The molecule has 0 atom stereocenters. The fraction of sp³-hybridized carbons (Fsp3) is 0.700. The molecule has 0 unspecified atom stereocenters. The number of aromatic nitrogens is 1. The van der Waals surface area contributed by atoms with E-state index in [-0.39, 0.29) is 5.91 Å². The molecule has 0 saturated carbocycles. The zero-order chi connectivity index (χ0) is 17.5. The molecular weight excluding hydrogens is 312 g/mol. The standard InChI is InChI=1S/C20H32N4O/c1-21-11-8-17-9-14-24(15-10-17)20(25)18-6-7-19(22-16-18)23-12-4-2-3-5-13-23/h6-7,16-17,21H,2-5,8-15H2,1H3. The Morgan fingerprint density at radius 3 is 2.44 bits per heavy atom. The maximum atomic E-state index is 12.7. The Bertz CT molecular complexity index is 529. The second-order valence-electron chi connectivity index (χ2n) is 7.43. The summed E-state index contributed by atoms with van der Waals surface area (Å²) in [6, 6.07) is 3.99. The second kappa shape index (κ2) is 9.18. The molecule has 0 bridgehead atoms. The zero-order valence-corrected chi connectivity index (χ0v) is 15.5. The average molecular weight is 345 g/mol. The third-order valence-corrected chi connectivity index (χ3v) is 5.63. The number of piperidine rings is 1. The molecule has 2 saturated heterocycles. The van der Waals surface area contributed by atoms with Crippen molar-refractivity contribution in [1.29, 1.82) is 0 Å². The summed E-state index contributed by atoms with van der Waals surface area (Å²) in [5.74, 6) is 1.91. The predicted molar refractivity (Wildman–Crippen MR) is 102 cm³/mol. The summed E-state index contributed by atoms with van der Waals surface area (Å²) >= 11 is 0. The molecule has 3 heterocycles. The van der Waals surface area contributed by atoms with Gasteiger partial charge in [0.2, 0.25) is 0 Å². The monoisotopic (exact) mass is 344 g/mol. The summed E-state index contributed by atoms with van der Waals surface area (Å²) in [5.41, 5.74) is 0.729. The van der Waals surface area contributed by atoms with Crippen LogP contribution in [-0.2, 0) is 0 Å². The highest BCUT2D eigenvalue weighted by Gasteiger charge is 2.23. The number of pyridine rings is 1. The summed E-state index contributed by atoms with van der Waals surface area (Å²) in [4.78, 5) is 21.7. The van der Waals surface area contributed by atoms with Gasteiger partial charge in [0, 0.05) is 32.4 Å². The predicted octanol–water partition coefficient (Wildman–Crippen LogP) is 2.92. The van der Waals surface area contributed by atoms with Gasteiger partial charge >= 0.3 is 0 Å². The van der Waals surface area contributed by atoms with Crippen molar-refractivity contribution in [3.05, 3.63) is 23.9 Å². The molecule has 138 valence electrons. The maximum absolute atomic E-state index is 12.7. The van der Waals surface area contributed by atoms with Gasteiger partial charge in [0.25, 0.3) is 5.91 Å². The van der Waals surface area contributed by atoms with Crippen LogP contribution in [0.2, 0.25) is 0 Å². The molecule has 1 aromatic heterocycles. The molecule has 5 nitrogen and oxygen atoms in total. The fourth-order valence-corrected chi connectivity index (χ4v) is 3.96. The van der Waals surface area contributed by atoms with Gasteiger partial charge in [-0.1, -0.05) is 12.8 Å². The van der Waals surface area contributed by atoms with Crippen LogP contribution in [0.25, 0.3) is 0 Å². The van der Waals surface area contributed by atoms with Crippen molar-refractivity contribution in [2.24, 2.45) is 5.92 Å². The lowest BCUT2D eigenvalue weighted by atomic mass is 9.93. The number of amides is 1. The highest BCUT2D eigenvalue weighted by molar-refractivity contribution is 5.94. The molecule has 1 aromatic rings. The molecule has 3 rings (SSSR count). The lowest BCUT2D eigenvalue weighted by molar-refractivity contribution is 0.0686. The number of anilines is 1. The van der Waals surface area contributed by atoms with E-state index in [1.54, 1.807) is 6.20 Å². The normalized spacial score (nSPS) is 19.7. The number of hydrogen-bond acceptors (Lipinski definition) is 4. The molecule has 0 aliphatic carbocycles. The molecule has 2 aliphatic rings. The van der Waals surface area contributed by atoms with E-state index < -0.39 is 0 Å². The molecule has 0 spiro atoms. The van der Waals surface area contributed by atoms with Crippen molar-refractivity contribution in [3.8, 4) is 0 Å². The van der Waals surface area contributed by atoms with Crippen molar-refractivity contribution in [3.63, 3.8) is 0 Å². The van der Waals surface area contributed by atoms with E-state index in [2.05, 4.69) is 15.2 Å². The van der Waals surface area contributed by atoms with Crippen LogP contribution >= 0.6 is 0 Å². The van der Waals surface area contributed by atoms with E-state index >= 15 is 0 Å². The Kier molecular flexibility index (Phi) is 6.68. The van der Waals surface area contributed by atoms with E-state index in [0.717, 1.165) is 62.9 Å². The highest BCUT2D eigenvalue weighted by atomic mass is 16.2. The van der Waals surface area contributed by atoms with Crippen LogP contribution in [0, 0.1) is 5.92 Å². The SMILES string of the molecule is CNCCC1CCN(C(=O)c2ccc(N3CCCCCC3)nc2)CC1. The van der Waals surface area contributed by atoms with Crippen LogP contribution in [0.4, 0.5) is 5.82 Å². The number of carbonyl (C=O) groups is 1. The van der Waals surface area contributed by atoms with E-state index in [9.17, 15) is 4.79 Å². The van der Waals surface area contributed by atoms with Gasteiger partial charge in [0.15, 0.2) is 0 Å². The van der Waals surface area contributed by atoms with Crippen LogP contribution < -0.4 is 10.2 Å². The third-order valence-electron chi connectivity index (χ3n) is 5.63. The number of rotatable bonds is 5. The Balaban J connectivity index is 1.54. The second-order valence-corrected chi connectivity index (χ2v) is 7.43. The van der Waals surface area contributed by atoms with Gasteiger partial charge in [0.1, 0.15) is 5.82 Å². The van der Waals surface area contributed by atoms with Gasteiger partial charge in [-0.05, 0) is 63.7 Å². The molecule has 0 radical (unpaired) electrons. The van der Waals surface area contributed by atoms with Crippen molar-refractivity contribution in [1.82, 2.24) is 15.2 Å². The van der Waals surface area contributed by atoms with Gasteiger partial charge in [-0.15, -0.1) is 0 Å². The fourth-order valence-electron chi connectivity index (χ4n) is 3.96. The Morgan fingerprint density at radius 1 is 1.12 bits per heavy atom. The Hall–Kier alpha value is -1.62. The Morgan fingerprint density at radius 2 is 1.84 bits per heavy atom. The van der Waals surface area contributed by atoms with E-state index in [1.807, 2.05) is 24.1 Å². The molecule has 5 heteroatoms. The summed E-state index contributed by atoms with van der Waals surface area (Å²) < 4.78 is 0. The minimum Gasteiger partial charge on any atom is -0.357 e. The molecular formula is C20H32N4O. The number of hydrogen-bond donors (Lipinski definition) is 1. The van der Waals surface area contributed by atoms with Crippen molar-refractivity contribution < 1.29 is 4.79 Å². The number of carbonyl (C=O) groups excluding carboxylic acids is 1. The summed E-state index contributed by atoms with van der Waals surface area (Å²) in [6.45, 7) is 4.99. The summed E-state index contributed by atoms with van der Waals surface area (Å²) in [7, 11) is 2.00. The largest absolute Gasteiger partial charge is 0.357 e. The molecule has 2 fully saturated rings. The first-order valence-electron chi connectivity index (χ1n) is 9.93. The maximum Gasteiger partial charge on any atom is 0.255 e. The summed E-state index contributed by atoms with van der Waals surface area (Å²) in [5, 5.41) is 3.22. The highest BCUT2D eigenvalue weighted by Crippen LogP contribution is 2.22. The van der Waals surface area contributed by atoms with Gasteiger partial charge in [0.05, 0.1) is 5.56 Å². The van der Waals surface area contributed by atoms with E-state index in [1.165, 1.54) is 32.1 Å². The molecule has 25 heavy (non-hydrogen) atoms. The van der Waals surface area contributed by atoms with Gasteiger partial charge in [-0.3, -0.25) is 4.79 Å².